The Morgan fingerprint density at radius 2 is 1.50 bits per heavy atom. The molecule has 2 aromatic rings. The third-order valence-corrected chi connectivity index (χ3v) is 6.63. The summed E-state index contributed by atoms with van der Waals surface area (Å²) >= 11 is 0. The zero-order valence-corrected chi connectivity index (χ0v) is 19.2. The molecule has 1 saturated heterocycles. The Morgan fingerprint density at radius 1 is 0.906 bits per heavy atom. The van der Waals surface area contributed by atoms with Gasteiger partial charge in [0.2, 0.25) is 11.8 Å². The van der Waals surface area contributed by atoms with Crippen molar-refractivity contribution in [3.63, 3.8) is 0 Å². The zero-order chi connectivity index (χ0) is 22.5. The Bertz CT molecular complexity index is 924. The van der Waals surface area contributed by atoms with E-state index in [9.17, 15) is 9.59 Å². The molecule has 1 N–H and O–H groups in total. The Labute approximate surface area is 191 Å². The predicted molar refractivity (Wildman–Crippen MR) is 129 cm³/mol. The van der Waals surface area contributed by atoms with E-state index in [1.807, 2.05) is 11.0 Å². The summed E-state index contributed by atoms with van der Waals surface area (Å²) in [7, 11) is 1.68. The average molecular weight is 435 g/mol. The number of anilines is 2. The lowest BCUT2D eigenvalue weighted by molar-refractivity contribution is -0.134. The van der Waals surface area contributed by atoms with Crippen LogP contribution in [0.5, 0.6) is 0 Å². The van der Waals surface area contributed by atoms with Crippen LogP contribution in [0.25, 0.3) is 0 Å². The van der Waals surface area contributed by atoms with Crippen molar-refractivity contribution in [1.29, 1.82) is 0 Å². The van der Waals surface area contributed by atoms with Crippen molar-refractivity contribution in [2.45, 2.75) is 26.3 Å². The summed E-state index contributed by atoms with van der Waals surface area (Å²) in [5.41, 5.74) is 3.60. The molecule has 2 aliphatic heterocycles. The first-order valence-corrected chi connectivity index (χ1v) is 11.7. The van der Waals surface area contributed by atoms with Gasteiger partial charge in [-0.15, -0.1) is 0 Å². The summed E-state index contributed by atoms with van der Waals surface area (Å²) in [6.07, 6.45) is 1.48. The van der Waals surface area contributed by atoms with Crippen molar-refractivity contribution in [3.05, 3.63) is 60.2 Å². The molecule has 32 heavy (non-hydrogen) atoms. The number of nitrogens with one attached hydrogen (secondary N) is 1. The zero-order valence-electron chi connectivity index (χ0n) is 19.2. The molecule has 0 bridgehead atoms. The average Bonchev–Trinajstić information content (AvgIpc) is 2.95. The lowest BCUT2D eigenvalue weighted by Gasteiger charge is -2.34. The Kier molecular flexibility index (Phi) is 6.98. The van der Waals surface area contributed by atoms with Crippen LogP contribution >= 0.6 is 0 Å². The molecule has 1 atom stereocenters. The van der Waals surface area contributed by atoms with Crippen LogP contribution in [0.15, 0.2) is 54.6 Å². The van der Waals surface area contributed by atoms with Crippen LogP contribution in [0, 0.1) is 11.8 Å². The van der Waals surface area contributed by atoms with Crippen molar-refractivity contribution in [1.82, 2.24) is 10.2 Å². The van der Waals surface area contributed by atoms with Gasteiger partial charge in [-0.3, -0.25) is 9.59 Å². The van der Waals surface area contributed by atoms with Gasteiger partial charge in [0.1, 0.15) is 0 Å². The largest absolute Gasteiger partial charge is 0.365 e. The van der Waals surface area contributed by atoms with Crippen molar-refractivity contribution < 1.29 is 9.59 Å². The second kappa shape index (κ2) is 10.1. The lowest BCUT2D eigenvalue weighted by Crippen LogP contribution is -2.46. The molecule has 0 saturated carbocycles. The molecule has 1 fully saturated rings. The van der Waals surface area contributed by atoms with Gasteiger partial charge in [-0.2, -0.15) is 0 Å². The number of fused-ring (bicyclic) bond motifs is 1. The Hall–Kier alpha value is -3.02. The monoisotopic (exact) mass is 434 g/mol. The van der Waals surface area contributed by atoms with Crippen molar-refractivity contribution in [2.75, 3.05) is 49.6 Å². The van der Waals surface area contributed by atoms with Crippen LogP contribution in [-0.2, 0) is 16.1 Å². The molecular weight excluding hydrogens is 400 g/mol. The van der Waals surface area contributed by atoms with Gasteiger partial charge >= 0.3 is 0 Å². The highest BCUT2D eigenvalue weighted by Crippen LogP contribution is 2.34. The minimum Gasteiger partial charge on any atom is -0.365 e. The molecule has 4 rings (SSSR count). The number of para-hydroxylation sites is 2. The first-order chi connectivity index (χ1) is 15.5. The number of amides is 2. The fourth-order valence-electron chi connectivity index (χ4n) is 4.97. The maximum absolute atomic E-state index is 13.2. The highest BCUT2D eigenvalue weighted by atomic mass is 16.2. The van der Waals surface area contributed by atoms with Gasteiger partial charge in [0.05, 0.1) is 17.9 Å². The molecular formula is C26H34N4O2. The molecule has 0 unspecified atom stereocenters. The summed E-state index contributed by atoms with van der Waals surface area (Å²) in [5, 5.41) is 2.73. The molecule has 2 heterocycles. The van der Waals surface area contributed by atoms with E-state index in [4.69, 9.17) is 0 Å². The fraction of sp³-hybridized carbons (Fsp3) is 0.462. The molecule has 0 aromatic heterocycles. The minimum atomic E-state index is 0.0227. The molecule has 0 radical (unpaired) electrons. The van der Waals surface area contributed by atoms with Gasteiger partial charge in [0, 0.05) is 45.7 Å². The quantitative estimate of drug-likeness (QED) is 0.786. The van der Waals surface area contributed by atoms with Gasteiger partial charge in [-0.25, -0.2) is 0 Å². The smallest absolute Gasteiger partial charge is 0.242 e. The van der Waals surface area contributed by atoms with E-state index in [0.29, 0.717) is 25.6 Å². The number of piperidine rings is 1. The molecule has 0 aliphatic carbocycles. The number of carbonyl (C=O) groups is 2. The molecule has 6 heteroatoms. The van der Waals surface area contributed by atoms with Crippen LogP contribution < -0.4 is 15.1 Å². The first-order valence-electron chi connectivity index (χ1n) is 11.7. The van der Waals surface area contributed by atoms with E-state index in [-0.39, 0.29) is 17.7 Å². The number of hydrogen-bond acceptors (Lipinski definition) is 4. The van der Waals surface area contributed by atoms with Crippen LogP contribution in [-0.4, -0.2) is 56.5 Å². The minimum absolute atomic E-state index is 0.0227. The third kappa shape index (κ3) is 5.06. The first kappa shape index (κ1) is 22.2. The molecule has 2 amide bonds. The molecule has 170 valence electrons. The highest BCUT2D eigenvalue weighted by Gasteiger charge is 2.30. The summed E-state index contributed by atoms with van der Waals surface area (Å²) in [6, 6.07) is 19.0. The van der Waals surface area contributed by atoms with Gasteiger partial charge in [0.15, 0.2) is 0 Å². The molecule has 2 aromatic carbocycles. The van der Waals surface area contributed by atoms with Crippen molar-refractivity contribution in [2.24, 2.45) is 11.8 Å². The number of benzene rings is 2. The lowest BCUT2D eigenvalue weighted by atomic mass is 9.96. The fourth-order valence-corrected chi connectivity index (χ4v) is 4.97. The van der Waals surface area contributed by atoms with Crippen LogP contribution in [0.2, 0.25) is 0 Å². The van der Waals surface area contributed by atoms with Gasteiger partial charge < -0.3 is 20.0 Å². The van der Waals surface area contributed by atoms with Crippen LogP contribution in [0.1, 0.15) is 25.3 Å². The highest BCUT2D eigenvalue weighted by molar-refractivity contribution is 5.85. The SMILES string of the molecule is CNC(=O)C1CCN(C(=O)CN2C[C@H](C)CN(Cc3ccccc3)c3ccccc32)CC1. The number of hydrogen-bond donors (Lipinski definition) is 1. The Balaban J connectivity index is 1.48. The topological polar surface area (TPSA) is 55.9 Å². The van der Waals surface area contributed by atoms with Gasteiger partial charge in [0.25, 0.3) is 0 Å². The molecule has 2 aliphatic rings. The van der Waals surface area contributed by atoms with E-state index in [2.05, 4.69) is 70.6 Å². The van der Waals surface area contributed by atoms with E-state index in [0.717, 1.165) is 38.2 Å². The maximum Gasteiger partial charge on any atom is 0.242 e. The summed E-state index contributed by atoms with van der Waals surface area (Å²) < 4.78 is 0. The summed E-state index contributed by atoms with van der Waals surface area (Å²) in [6.45, 7) is 6.61. The standard InChI is InChI=1S/C26H34N4O2/c1-20-16-29(18-21-8-4-3-5-9-21)23-10-6-7-11-24(23)30(17-20)19-25(31)28-14-12-22(13-15-28)26(32)27-2/h3-11,20,22H,12-19H2,1-2H3,(H,27,32)/t20-/m1/s1. The number of rotatable bonds is 5. The third-order valence-electron chi connectivity index (χ3n) is 6.63. The van der Waals surface area contributed by atoms with Gasteiger partial charge in [-0.1, -0.05) is 49.4 Å². The number of nitrogens with zero attached hydrogens (tertiary/aromatic N) is 3. The maximum atomic E-state index is 13.2. The molecule has 0 spiro atoms. The van der Waals surface area contributed by atoms with E-state index in [1.54, 1.807) is 7.05 Å². The van der Waals surface area contributed by atoms with E-state index < -0.39 is 0 Å². The summed E-state index contributed by atoms with van der Waals surface area (Å²) in [4.78, 5) is 31.7. The second-order valence-electron chi connectivity index (χ2n) is 9.11. The predicted octanol–water partition coefficient (Wildman–Crippen LogP) is 3.13. The normalized spacial score (nSPS) is 19.3. The van der Waals surface area contributed by atoms with Crippen LogP contribution in [0.3, 0.4) is 0 Å². The van der Waals surface area contributed by atoms with E-state index in [1.165, 1.54) is 11.3 Å². The second-order valence-corrected chi connectivity index (χ2v) is 9.11. The van der Waals surface area contributed by atoms with E-state index >= 15 is 0 Å². The van der Waals surface area contributed by atoms with Crippen molar-refractivity contribution in [3.8, 4) is 0 Å². The molecule has 6 nitrogen and oxygen atoms in total. The Morgan fingerprint density at radius 3 is 2.16 bits per heavy atom. The number of likely N-dealkylation sites (tertiary alicyclic amines) is 1. The number of carbonyl (C=O) groups excluding carboxylic acids is 2. The summed E-state index contributed by atoms with van der Waals surface area (Å²) in [5.74, 6) is 0.692. The van der Waals surface area contributed by atoms with Crippen LogP contribution in [0.4, 0.5) is 11.4 Å². The van der Waals surface area contributed by atoms with Crippen molar-refractivity contribution >= 4 is 23.2 Å². The van der Waals surface area contributed by atoms with Gasteiger partial charge in [-0.05, 0) is 36.5 Å².